The Morgan fingerprint density at radius 3 is 2.04 bits per heavy atom. The number of rotatable bonds is 11. The smallest absolute Gasteiger partial charge is 0.0491 e. The van der Waals surface area contributed by atoms with Gasteiger partial charge < -0.3 is 14.7 Å². The minimum atomic E-state index is -0.144. The van der Waals surface area contributed by atoms with Crippen LogP contribution in [0.4, 0.5) is 39.8 Å². The maximum Gasteiger partial charge on any atom is 0.0491 e. The summed E-state index contributed by atoms with van der Waals surface area (Å²) in [6.45, 7) is 13.5. The SMILES string of the molecule is C=C/C=C\C=C1/CN(c2ccc(C3=CC=CCC3)cc2)c2ccc(-c3cc(N(C4=CCCC=C4)c4ccc5c(c4)C(C)(C)c4ccccc4-5)cc(N(c4ccccc4)c4ccc5ccccc5c4)c3)cc21.CC. The lowest BCUT2D eigenvalue weighted by atomic mass is 9.82. The van der Waals surface area contributed by atoms with Gasteiger partial charge in [-0.05, 0) is 171 Å². The summed E-state index contributed by atoms with van der Waals surface area (Å²) in [6, 6.07) is 65.8. The second kappa shape index (κ2) is 20.4. The van der Waals surface area contributed by atoms with E-state index < -0.39 is 0 Å². The molecule has 12 rings (SSSR count). The maximum atomic E-state index is 3.97. The van der Waals surface area contributed by atoms with E-state index in [0.717, 1.165) is 71.8 Å². The monoisotopic (exact) mass is 946 g/mol. The lowest BCUT2D eigenvalue weighted by Gasteiger charge is -2.32. The average molecular weight is 946 g/mol. The second-order valence-corrected chi connectivity index (χ2v) is 19.6. The summed E-state index contributed by atoms with van der Waals surface area (Å²) in [6.07, 6.45) is 26.2. The van der Waals surface area contributed by atoms with E-state index in [2.05, 4.69) is 260 Å². The Morgan fingerprint density at radius 1 is 0.534 bits per heavy atom. The highest BCUT2D eigenvalue weighted by Crippen LogP contribution is 2.52. The van der Waals surface area contributed by atoms with Crippen LogP contribution in [0.15, 0.2) is 249 Å². The molecule has 0 aromatic heterocycles. The second-order valence-electron chi connectivity index (χ2n) is 19.6. The molecule has 3 nitrogen and oxygen atoms in total. The van der Waals surface area contributed by atoms with Crippen LogP contribution in [0.5, 0.6) is 0 Å². The lowest BCUT2D eigenvalue weighted by Crippen LogP contribution is -2.19. The van der Waals surface area contributed by atoms with Crippen molar-refractivity contribution >= 4 is 61.7 Å². The van der Waals surface area contributed by atoms with Crippen LogP contribution in [-0.4, -0.2) is 6.54 Å². The zero-order valence-electron chi connectivity index (χ0n) is 42.6. The van der Waals surface area contributed by atoms with Crippen molar-refractivity contribution in [1.29, 1.82) is 0 Å². The number of hydrogen-bond donors (Lipinski definition) is 0. The van der Waals surface area contributed by atoms with E-state index in [1.54, 1.807) is 0 Å². The summed E-state index contributed by atoms with van der Waals surface area (Å²) in [5.41, 5.74) is 21.8. The van der Waals surface area contributed by atoms with Gasteiger partial charge in [0.05, 0.1) is 0 Å². The Hall–Kier alpha value is -8.40. The zero-order chi connectivity index (χ0) is 49.9. The average Bonchev–Trinajstić information content (AvgIpc) is 3.93. The number of fused-ring (bicyclic) bond motifs is 5. The third kappa shape index (κ3) is 9.02. The fraction of sp³-hybridized carbons (Fsp3) is 0.143. The van der Waals surface area contributed by atoms with Crippen LogP contribution in [0.2, 0.25) is 0 Å². The molecule has 73 heavy (non-hydrogen) atoms. The molecule has 0 N–H and O–H groups in total. The van der Waals surface area contributed by atoms with Gasteiger partial charge in [0.2, 0.25) is 0 Å². The van der Waals surface area contributed by atoms with Gasteiger partial charge in [0, 0.05) is 63.0 Å². The quantitative estimate of drug-likeness (QED) is 0.120. The first-order valence-corrected chi connectivity index (χ1v) is 26.2. The van der Waals surface area contributed by atoms with Crippen molar-refractivity contribution in [3.05, 3.63) is 271 Å². The minimum Gasteiger partial charge on any atom is -0.336 e. The van der Waals surface area contributed by atoms with Gasteiger partial charge in [0.15, 0.2) is 0 Å². The molecule has 358 valence electrons. The topological polar surface area (TPSA) is 9.72 Å². The molecule has 3 aliphatic carbocycles. The standard InChI is InChI=1S/C68H57N3.C2H6/c1-4-5-9-24-53-47-69(55-35-31-50(32-36-55)48-20-10-6-11-21-48)67-40-34-52(44-64(53)67)54-42-60(70(56-25-12-7-13-26-56)58-37-33-49-22-16-17-23-51(49)41-58)45-61(43-54)71(57-27-14-8-15-28-57)59-38-39-63-62-29-18-19-30-65(62)68(2,3)66(63)46-59;1-2/h4-7,9-10,12-14,16-20,22-46H,1,8,11,15,21,47H2,2-3H3;1-2H3/b9-5-,53-24+;. The van der Waals surface area contributed by atoms with Crippen molar-refractivity contribution in [1.82, 2.24) is 0 Å². The summed E-state index contributed by atoms with van der Waals surface area (Å²) in [4.78, 5) is 7.38. The predicted molar refractivity (Wildman–Crippen MR) is 315 cm³/mol. The van der Waals surface area contributed by atoms with Gasteiger partial charge in [-0.1, -0.05) is 186 Å². The van der Waals surface area contributed by atoms with Gasteiger partial charge in [0.1, 0.15) is 0 Å². The van der Waals surface area contributed by atoms with Crippen LogP contribution < -0.4 is 14.7 Å². The minimum absolute atomic E-state index is 0.144. The first kappa shape index (κ1) is 47.0. The van der Waals surface area contributed by atoms with Crippen molar-refractivity contribution in [2.45, 2.75) is 58.8 Å². The Labute approximate surface area is 433 Å². The van der Waals surface area contributed by atoms with Gasteiger partial charge >= 0.3 is 0 Å². The Bertz CT molecular complexity index is 3560. The number of benzene rings is 8. The fourth-order valence-electron chi connectivity index (χ4n) is 11.3. The first-order valence-electron chi connectivity index (χ1n) is 26.2. The number of allylic oxidation sites excluding steroid dienone is 11. The van der Waals surface area contributed by atoms with E-state index in [4.69, 9.17) is 0 Å². The van der Waals surface area contributed by atoms with Gasteiger partial charge in [0.25, 0.3) is 0 Å². The summed E-state index contributed by atoms with van der Waals surface area (Å²) >= 11 is 0. The van der Waals surface area contributed by atoms with Crippen molar-refractivity contribution in [3.8, 4) is 22.3 Å². The third-order valence-electron chi connectivity index (χ3n) is 14.9. The molecule has 3 heteroatoms. The molecular weight excluding hydrogens is 883 g/mol. The van der Waals surface area contributed by atoms with Crippen molar-refractivity contribution in [2.24, 2.45) is 0 Å². The van der Waals surface area contributed by atoms with Crippen molar-refractivity contribution < 1.29 is 0 Å². The normalized spacial score (nSPS) is 15.6. The summed E-state index contributed by atoms with van der Waals surface area (Å²) in [5.74, 6) is 0. The lowest BCUT2D eigenvalue weighted by molar-refractivity contribution is 0.660. The molecule has 4 aliphatic rings. The number of para-hydroxylation sites is 1. The molecule has 8 aromatic carbocycles. The van der Waals surface area contributed by atoms with Crippen LogP contribution in [0.25, 0.3) is 44.2 Å². The Balaban J connectivity index is 0.00000284. The van der Waals surface area contributed by atoms with E-state index in [1.807, 2.05) is 26.0 Å². The molecule has 0 fully saturated rings. The van der Waals surface area contributed by atoms with Gasteiger partial charge in [-0.25, -0.2) is 0 Å². The van der Waals surface area contributed by atoms with E-state index in [-0.39, 0.29) is 5.41 Å². The highest BCUT2D eigenvalue weighted by atomic mass is 15.2. The molecular formula is C70H63N3. The van der Waals surface area contributed by atoms with E-state index in [0.29, 0.717) is 0 Å². The molecule has 8 aromatic rings. The van der Waals surface area contributed by atoms with Crippen LogP contribution in [-0.2, 0) is 5.41 Å². The Kier molecular flexibility index (Phi) is 13.1. The van der Waals surface area contributed by atoms with Crippen LogP contribution >= 0.6 is 0 Å². The highest BCUT2D eigenvalue weighted by molar-refractivity contribution is 5.95. The molecule has 1 heterocycles. The van der Waals surface area contributed by atoms with Crippen LogP contribution in [0, 0.1) is 0 Å². The van der Waals surface area contributed by atoms with Crippen LogP contribution in [0.1, 0.15) is 75.6 Å². The Morgan fingerprint density at radius 2 is 1.26 bits per heavy atom. The van der Waals surface area contributed by atoms with E-state index >= 15 is 0 Å². The largest absolute Gasteiger partial charge is 0.336 e. The molecule has 0 amide bonds. The van der Waals surface area contributed by atoms with E-state index in [9.17, 15) is 0 Å². The molecule has 0 saturated heterocycles. The molecule has 0 atom stereocenters. The van der Waals surface area contributed by atoms with Gasteiger partial charge in [-0.2, -0.15) is 0 Å². The number of nitrogens with zero attached hydrogens (tertiary/aromatic N) is 3. The van der Waals surface area contributed by atoms with Gasteiger partial charge in [-0.3, -0.25) is 0 Å². The molecule has 0 unspecified atom stereocenters. The molecule has 0 saturated carbocycles. The van der Waals surface area contributed by atoms with Crippen molar-refractivity contribution in [3.63, 3.8) is 0 Å². The van der Waals surface area contributed by atoms with Gasteiger partial charge in [-0.15, -0.1) is 0 Å². The molecule has 0 spiro atoms. The number of anilines is 7. The first-order chi connectivity index (χ1) is 35.9. The number of hydrogen-bond acceptors (Lipinski definition) is 3. The zero-order valence-corrected chi connectivity index (χ0v) is 42.6. The molecule has 1 aliphatic heterocycles. The summed E-state index contributed by atoms with van der Waals surface area (Å²) in [7, 11) is 0. The summed E-state index contributed by atoms with van der Waals surface area (Å²) in [5, 5.41) is 2.42. The molecule has 0 bridgehead atoms. The molecule has 0 radical (unpaired) electrons. The van der Waals surface area contributed by atoms with Crippen LogP contribution in [0.3, 0.4) is 0 Å². The predicted octanol–water partition coefficient (Wildman–Crippen LogP) is 19.7. The van der Waals surface area contributed by atoms with Crippen molar-refractivity contribution in [2.75, 3.05) is 21.2 Å². The maximum absolute atomic E-state index is 3.97. The van der Waals surface area contributed by atoms with E-state index in [1.165, 1.54) is 72.4 Å². The summed E-state index contributed by atoms with van der Waals surface area (Å²) < 4.78 is 0. The third-order valence-corrected chi connectivity index (χ3v) is 14.9. The fourth-order valence-corrected chi connectivity index (χ4v) is 11.3. The highest BCUT2D eigenvalue weighted by Gasteiger charge is 2.36.